The van der Waals surface area contributed by atoms with Crippen molar-refractivity contribution in [2.75, 3.05) is 31.0 Å². The van der Waals surface area contributed by atoms with Gasteiger partial charge in [0.15, 0.2) is 11.5 Å². The van der Waals surface area contributed by atoms with Gasteiger partial charge in [0.1, 0.15) is 12.4 Å². The number of carbonyl (C=O) groups excluding carboxylic acids is 2. The molecular weight excluding hydrogens is 380 g/mol. The molecule has 0 atom stereocenters. The quantitative estimate of drug-likeness (QED) is 0.767. The lowest BCUT2D eigenvalue weighted by molar-refractivity contribution is -0.116. The molecule has 2 aliphatic heterocycles. The van der Waals surface area contributed by atoms with Crippen molar-refractivity contribution in [1.82, 2.24) is 4.90 Å². The van der Waals surface area contributed by atoms with Crippen LogP contribution < -0.4 is 19.5 Å². The molecule has 0 aromatic heterocycles. The van der Waals surface area contributed by atoms with Gasteiger partial charge in [-0.15, -0.1) is 0 Å². The molecule has 28 heavy (non-hydrogen) atoms. The van der Waals surface area contributed by atoms with Crippen LogP contribution in [0.1, 0.15) is 12.0 Å². The Labute approximate surface area is 166 Å². The zero-order chi connectivity index (χ0) is 19.3. The summed E-state index contributed by atoms with van der Waals surface area (Å²) >= 11 is 1.30. The van der Waals surface area contributed by atoms with Gasteiger partial charge in [0.25, 0.3) is 5.24 Å². The highest BCUT2D eigenvalue weighted by Crippen LogP contribution is 2.35. The number of fused-ring (bicyclic) bond motifs is 1. The number of hydrogen-bond donors (Lipinski definition) is 1. The molecule has 2 amide bonds. The van der Waals surface area contributed by atoms with Crippen molar-refractivity contribution in [2.24, 2.45) is 0 Å². The molecule has 7 nitrogen and oxygen atoms in total. The summed E-state index contributed by atoms with van der Waals surface area (Å²) in [4.78, 5) is 25.4. The van der Waals surface area contributed by atoms with Gasteiger partial charge in [-0.3, -0.25) is 9.59 Å². The molecule has 0 aliphatic carbocycles. The minimum atomic E-state index is -0.112. The molecule has 0 spiro atoms. The number of ether oxygens (including phenoxy) is 3. The Morgan fingerprint density at radius 1 is 1.18 bits per heavy atom. The number of nitrogens with one attached hydrogen (secondary N) is 1. The summed E-state index contributed by atoms with van der Waals surface area (Å²) in [6.45, 7) is 1.75. The molecule has 146 valence electrons. The minimum Gasteiger partial charge on any atom is -0.489 e. The fourth-order valence-corrected chi connectivity index (χ4v) is 3.81. The number of amides is 2. The zero-order valence-corrected chi connectivity index (χ0v) is 16.0. The molecule has 0 saturated carbocycles. The second-order valence-corrected chi connectivity index (χ2v) is 7.45. The van der Waals surface area contributed by atoms with Crippen LogP contribution in [0.3, 0.4) is 0 Å². The van der Waals surface area contributed by atoms with E-state index in [0.717, 1.165) is 11.3 Å². The van der Waals surface area contributed by atoms with Crippen LogP contribution in [0.25, 0.3) is 0 Å². The summed E-state index contributed by atoms with van der Waals surface area (Å²) in [7, 11) is 0. The topological polar surface area (TPSA) is 77.1 Å². The van der Waals surface area contributed by atoms with Gasteiger partial charge in [-0.25, -0.2) is 0 Å². The van der Waals surface area contributed by atoms with Crippen molar-refractivity contribution < 1.29 is 23.8 Å². The number of hydrogen-bond acceptors (Lipinski definition) is 6. The van der Waals surface area contributed by atoms with Crippen LogP contribution >= 0.6 is 11.8 Å². The van der Waals surface area contributed by atoms with Crippen LogP contribution in [0.4, 0.5) is 10.5 Å². The normalized spacial score (nSPS) is 15.0. The van der Waals surface area contributed by atoms with Gasteiger partial charge in [0, 0.05) is 37.0 Å². The minimum absolute atomic E-state index is 0.0514. The molecule has 1 saturated heterocycles. The lowest BCUT2D eigenvalue weighted by atomic mass is 10.2. The third kappa shape index (κ3) is 4.51. The fraction of sp³-hybridized carbons (Fsp3) is 0.300. The van der Waals surface area contributed by atoms with Gasteiger partial charge in [0.05, 0.1) is 0 Å². The third-order valence-electron chi connectivity index (χ3n) is 4.41. The molecule has 2 aromatic rings. The maximum absolute atomic E-state index is 12.2. The second-order valence-electron chi connectivity index (χ2n) is 6.40. The molecule has 2 heterocycles. The van der Waals surface area contributed by atoms with Gasteiger partial charge in [-0.2, -0.15) is 0 Å². The Bertz CT molecular complexity index is 889. The highest BCUT2D eigenvalue weighted by Gasteiger charge is 2.21. The van der Waals surface area contributed by atoms with Crippen molar-refractivity contribution in [3.63, 3.8) is 0 Å². The summed E-state index contributed by atoms with van der Waals surface area (Å²) in [6.07, 6.45) is 0.282. The van der Waals surface area contributed by atoms with Crippen molar-refractivity contribution in [2.45, 2.75) is 13.0 Å². The molecular formula is C20H20N2O5S. The molecule has 1 N–H and O–H groups in total. The van der Waals surface area contributed by atoms with Crippen LogP contribution in [0.2, 0.25) is 0 Å². The Morgan fingerprint density at radius 3 is 2.93 bits per heavy atom. The number of benzene rings is 2. The predicted molar refractivity (Wildman–Crippen MR) is 106 cm³/mol. The van der Waals surface area contributed by atoms with Crippen molar-refractivity contribution in [3.05, 3.63) is 48.0 Å². The number of anilines is 1. The zero-order valence-electron chi connectivity index (χ0n) is 15.2. The predicted octanol–water partition coefficient (Wildman–Crippen LogP) is 3.49. The maximum Gasteiger partial charge on any atom is 0.281 e. The van der Waals surface area contributed by atoms with E-state index in [0.29, 0.717) is 42.6 Å². The summed E-state index contributed by atoms with van der Waals surface area (Å²) < 4.78 is 16.4. The first kappa shape index (κ1) is 18.5. The van der Waals surface area contributed by atoms with Crippen molar-refractivity contribution in [1.29, 1.82) is 0 Å². The summed E-state index contributed by atoms with van der Waals surface area (Å²) in [5.41, 5.74) is 1.64. The average Bonchev–Trinajstić information content (AvgIpc) is 3.33. The van der Waals surface area contributed by atoms with E-state index in [2.05, 4.69) is 5.32 Å². The first-order chi connectivity index (χ1) is 13.7. The lowest BCUT2D eigenvalue weighted by Gasteiger charge is -2.14. The van der Waals surface area contributed by atoms with Gasteiger partial charge >= 0.3 is 0 Å². The van der Waals surface area contributed by atoms with Crippen LogP contribution in [0, 0.1) is 0 Å². The molecule has 2 aromatic carbocycles. The summed E-state index contributed by atoms with van der Waals surface area (Å²) in [6, 6.07) is 13.0. The summed E-state index contributed by atoms with van der Waals surface area (Å²) in [5.74, 6) is 2.76. The van der Waals surface area contributed by atoms with Crippen LogP contribution in [-0.2, 0) is 11.4 Å². The van der Waals surface area contributed by atoms with Crippen molar-refractivity contribution >= 4 is 28.6 Å². The Balaban J connectivity index is 1.29. The number of rotatable bonds is 7. The fourth-order valence-electron chi connectivity index (χ4n) is 2.96. The van der Waals surface area contributed by atoms with E-state index >= 15 is 0 Å². The van der Waals surface area contributed by atoms with E-state index in [4.69, 9.17) is 14.2 Å². The van der Waals surface area contributed by atoms with E-state index in [9.17, 15) is 9.59 Å². The highest BCUT2D eigenvalue weighted by atomic mass is 32.2. The molecule has 4 rings (SSSR count). The molecule has 2 aliphatic rings. The van der Waals surface area contributed by atoms with Crippen LogP contribution in [0.15, 0.2) is 42.5 Å². The van der Waals surface area contributed by atoms with Gasteiger partial charge in [0.2, 0.25) is 12.7 Å². The average molecular weight is 400 g/mol. The molecule has 0 bridgehead atoms. The first-order valence-corrected chi connectivity index (χ1v) is 9.99. The maximum atomic E-state index is 12.2. The SMILES string of the molecule is O=C(CCN1CCSC1=O)Nc1cccc(COc2ccc3c(c2)OCO3)c1. The van der Waals surface area contributed by atoms with Crippen LogP contribution in [0.5, 0.6) is 17.2 Å². The van der Waals surface area contributed by atoms with E-state index in [1.54, 1.807) is 11.0 Å². The molecule has 0 unspecified atom stereocenters. The Kier molecular flexibility index (Phi) is 5.57. The smallest absolute Gasteiger partial charge is 0.281 e. The second kappa shape index (κ2) is 8.43. The largest absolute Gasteiger partial charge is 0.489 e. The molecule has 8 heteroatoms. The third-order valence-corrected chi connectivity index (χ3v) is 5.31. The summed E-state index contributed by atoms with van der Waals surface area (Å²) in [5, 5.41) is 2.93. The lowest BCUT2D eigenvalue weighted by Crippen LogP contribution is -2.27. The Morgan fingerprint density at radius 2 is 2.07 bits per heavy atom. The number of carbonyl (C=O) groups is 2. The van der Waals surface area contributed by atoms with E-state index in [1.165, 1.54) is 11.8 Å². The van der Waals surface area contributed by atoms with Gasteiger partial charge in [-0.1, -0.05) is 23.9 Å². The standard InChI is InChI=1S/C20H20N2O5S/c23-19(6-7-22-8-9-28-20(22)24)21-15-3-1-2-14(10-15)12-25-16-4-5-17-18(11-16)27-13-26-17/h1-5,10-11H,6-9,12-13H2,(H,21,23). The van der Waals surface area contributed by atoms with Crippen LogP contribution in [-0.4, -0.2) is 41.7 Å². The van der Waals surface area contributed by atoms with Gasteiger partial charge in [-0.05, 0) is 29.8 Å². The monoisotopic (exact) mass is 400 g/mol. The molecule has 0 radical (unpaired) electrons. The number of thioether (sulfide) groups is 1. The first-order valence-electron chi connectivity index (χ1n) is 9.00. The highest BCUT2D eigenvalue weighted by molar-refractivity contribution is 8.13. The van der Waals surface area contributed by atoms with Gasteiger partial charge < -0.3 is 24.4 Å². The van der Waals surface area contributed by atoms with Crippen molar-refractivity contribution in [3.8, 4) is 17.2 Å². The van der Waals surface area contributed by atoms with E-state index < -0.39 is 0 Å². The number of nitrogens with zero attached hydrogens (tertiary/aromatic N) is 1. The Hall–Kier alpha value is -2.87. The van der Waals surface area contributed by atoms with E-state index in [1.807, 2.05) is 36.4 Å². The molecule has 1 fully saturated rings. The van der Waals surface area contributed by atoms with E-state index in [-0.39, 0.29) is 24.4 Å².